The minimum absolute atomic E-state index is 0.00457. The number of hydrogen-bond donors (Lipinski definition) is 3. The van der Waals surface area contributed by atoms with Crippen LogP contribution in [0.3, 0.4) is 0 Å². The number of carbonyl (C=O) groups excluding carboxylic acids is 2. The number of aromatic nitrogens is 1. The molecule has 0 radical (unpaired) electrons. The van der Waals surface area contributed by atoms with E-state index in [4.69, 9.17) is 5.11 Å². The third-order valence-corrected chi connectivity index (χ3v) is 8.85. The fraction of sp³-hybridized carbons (Fsp3) is 0.333. The van der Waals surface area contributed by atoms with Crippen LogP contribution in [-0.4, -0.2) is 40.8 Å². The summed E-state index contributed by atoms with van der Waals surface area (Å²) in [6.07, 6.45) is 1.13. The van der Waals surface area contributed by atoms with Crippen molar-refractivity contribution in [3.05, 3.63) is 89.0 Å². The molecule has 5 rings (SSSR count). The molecule has 236 valence electrons. The van der Waals surface area contributed by atoms with E-state index in [-0.39, 0.29) is 46.4 Å². The van der Waals surface area contributed by atoms with Gasteiger partial charge >= 0.3 is 12.3 Å². The Hall–Kier alpha value is -4.45. The Morgan fingerprint density at radius 1 is 0.978 bits per heavy atom. The molecule has 1 heterocycles. The Morgan fingerprint density at radius 3 is 2.36 bits per heavy atom. The molecule has 2 amide bonds. The highest BCUT2D eigenvalue weighted by Gasteiger charge is 2.32. The number of alkyl halides is 3. The number of aliphatic carboxylic acids is 1. The van der Waals surface area contributed by atoms with Gasteiger partial charge in [0.1, 0.15) is 5.75 Å². The molecule has 0 aliphatic heterocycles. The largest absolute Gasteiger partial charge is 0.573 e. The van der Waals surface area contributed by atoms with Crippen molar-refractivity contribution in [2.24, 2.45) is 0 Å². The van der Waals surface area contributed by atoms with Crippen LogP contribution >= 0.6 is 11.3 Å². The fourth-order valence-corrected chi connectivity index (χ4v) is 6.50. The number of benzene rings is 3. The van der Waals surface area contributed by atoms with E-state index in [2.05, 4.69) is 32.5 Å². The number of amides is 2. The van der Waals surface area contributed by atoms with Gasteiger partial charge in [-0.15, -0.1) is 13.2 Å². The molecule has 12 heteroatoms. The van der Waals surface area contributed by atoms with E-state index < -0.39 is 24.2 Å². The number of anilines is 1. The first-order valence-electron chi connectivity index (χ1n) is 14.7. The first-order chi connectivity index (χ1) is 21.6. The van der Waals surface area contributed by atoms with Gasteiger partial charge in [-0.25, -0.2) is 4.98 Å². The lowest BCUT2D eigenvalue weighted by Gasteiger charge is -2.23. The van der Waals surface area contributed by atoms with E-state index in [1.807, 2.05) is 12.1 Å². The van der Waals surface area contributed by atoms with Crippen molar-refractivity contribution in [2.75, 3.05) is 11.9 Å². The van der Waals surface area contributed by atoms with E-state index in [0.29, 0.717) is 11.5 Å². The van der Waals surface area contributed by atoms with Crippen LogP contribution in [0.5, 0.6) is 5.75 Å². The highest BCUT2D eigenvalue weighted by atomic mass is 32.1. The maximum atomic E-state index is 13.8. The fourth-order valence-electron chi connectivity index (χ4n) is 5.59. The second-order valence-electron chi connectivity index (χ2n) is 11.0. The number of rotatable bonds is 11. The molecule has 1 unspecified atom stereocenters. The Morgan fingerprint density at radius 2 is 1.69 bits per heavy atom. The lowest BCUT2D eigenvalue weighted by atomic mass is 9.83. The van der Waals surface area contributed by atoms with Crippen molar-refractivity contribution in [2.45, 2.75) is 63.1 Å². The molecule has 3 N–H and O–H groups in total. The van der Waals surface area contributed by atoms with Gasteiger partial charge in [-0.05, 0) is 66.1 Å². The number of nitrogens with zero attached hydrogens (tertiary/aromatic N) is 1. The summed E-state index contributed by atoms with van der Waals surface area (Å²) in [6.45, 7) is 0.00457. The Labute approximate surface area is 261 Å². The number of thiazole rings is 1. The number of fused-ring (bicyclic) bond motifs is 1. The van der Waals surface area contributed by atoms with Crippen molar-refractivity contribution in [1.29, 1.82) is 0 Å². The predicted molar refractivity (Wildman–Crippen MR) is 165 cm³/mol. The Bertz CT molecular complexity index is 1650. The zero-order valence-electron chi connectivity index (χ0n) is 24.2. The third kappa shape index (κ3) is 8.59. The van der Waals surface area contributed by atoms with Gasteiger partial charge in [0, 0.05) is 12.1 Å². The van der Waals surface area contributed by atoms with E-state index in [9.17, 15) is 27.6 Å². The van der Waals surface area contributed by atoms with Crippen molar-refractivity contribution in [3.63, 3.8) is 0 Å². The SMILES string of the molecule is O=C(O)CCNC(=O)c1ccc(CC(C(=O)Nc2nc3cccc(OC(F)(F)F)c3s2)c2ccc(C3CCCCC3)cc2)cc1. The number of carboxylic acid groups (broad SMARTS) is 1. The molecule has 8 nitrogen and oxygen atoms in total. The molecule has 0 saturated heterocycles. The van der Waals surface area contributed by atoms with Crippen LogP contribution in [0.1, 0.15) is 77.4 Å². The summed E-state index contributed by atoms with van der Waals surface area (Å²) in [5.41, 5.74) is 3.40. The average Bonchev–Trinajstić information content (AvgIpc) is 3.43. The number of nitrogens with one attached hydrogen (secondary N) is 2. The van der Waals surface area contributed by atoms with Gasteiger partial charge in [0.05, 0.1) is 22.6 Å². The van der Waals surface area contributed by atoms with Crippen LogP contribution in [0.15, 0.2) is 66.7 Å². The lowest BCUT2D eigenvalue weighted by molar-refractivity contribution is -0.274. The normalized spacial score (nSPS) is 14.6. The van der Waals surface area contributed by atoms with Crippen molar-refractivity contribution in [3.8, 4) is 5.75 Å². The Balaban J connectivity index is 1.37. The summed E-state index contributed by atoms with van der Waals surface area (Å²) in [5, 5.41) is 14.3. The highest BCUT2D eigenvalue weighted by molar-refractivity contribution is 7.22. The van der Waals surface area contributed by atoms with Crippen molar-refractivity contribution in [1.82, 2.24) is 10.3 Å². The van der Waals surface area contributed by atoms with Gasteiger partial charge < -0.3 is 20.5 Å². The standard InChI is InChI=1S/C33H32F3N3O5S/c34-33(35,36)44-27-8-4-7-26-29(27)45-32(38-26)39-31(43)25(23-15-13-22(14-16-23)21-5-2-1-3-6-21)19-20-9-11-24(12-10-20)30(42)37-18-17-28(40)41/h4,7-16,21,25H,1-3,5-6,17-19H2,(H,37,42)(H,40,41)(H,38,39,43). The topological polar surface area (TPSA) is 118 Å². The first kappa shape index (κ1) is 32.0. The van der Waals surface area contributed by atoms with Crippen molar-refractivity contribution < 1.29 is 37.4 Å². The summed E-state index contributed by atoms with van der Waals surface area (Å²) < 4.78 is 43.1. The molecule has 1 aromatic heterocycles. The molecular weight excluding hydrogens is 607 g/mol. The zero-order chi connectivity index (χ0) is 32.0. The first-order valence-corrected chi connectivity index (χ1v) is 15.5. The number of halogens is 3. The minimum Gasteiger partial charge on any atom is -0.481 e. The van der Waals surface area contributed by atoms with Crippen LogP contribution in [0.25, 0.3) is 10.2 Å². The molecule has 1 saturated carbocycles. The van der Waals surface area contributed by atoms with Gasteiger partial charge in [-0.2, -0.15) is 0 Å². The van der Waals surface area contributed by atoms with E-state index in [1.165, 1.54) is 37.0 Å². The van der Waals surface area contributed by atoms with Gasteiger partial charge in [-0.3, -0.25) is 14.4 Å². The maximum absolute atomic E-state index is 13.8. The molecule has 0 bridgehead atoms. The van der Waals surface area contributed by atoms with Crippen LogP contribution in [0.2, 0.25) is 0 Å². The molecular formula is C33H32F3N3O5S. The number of carbonyl (C=O) groups is 3. The third-order valence-electron chi connectivity index (χ3n) is 7.85. The quantitative estimate of drug-likeness (QED) is 0.157. The van der Waals surface area contributed by atoms with Crippen LogP contribution in [0, 0.1) is 0 Å². The maximum Gasteiger partial charge on any atom is 0.573 e. The van der Waals surface area contributed by atoms with E-state index >= 15 is 0 Å². The van der Waals surface area contributed by atoms with Gasteiger partial charge in [0.25, 0.3) is 5.91 Å². The summed E-state index contributed by atoms with van der Waals surface area (Å²) >= 11 is 0.897. The monoisotopic (exact) mass is 639 g/mol. The van der Waals surface area contributed by atoms with E-state index in [0.717, 1.165) is 35.3 Å². The molecule has 0 spiro atoms. The molecule has 1 aliphatic rings. The van der Waals surface area contributed by atoms with Crippen LogP contribution < -0.4 is 15.4 Å². The number of ether oxygens (including phenoxy) is 1. The van der Waals surface area contributed by atoms with Crippen LogP contribution in [0.4, 0.5) is 18.3 Å². The summed E-state index contributed by atoms with van der Waals surface area (Å²) in [5.74, 6) is -2.36. The molecule has 1 fully saturated rings. The predicted octanol–water partition coefficient (Wildman–Crippen LogP) is 7.41. The Kier molecular flexibility index (Phi) is 10.0. The minimum atomic E-state index is -4.87. The van der Waals surface area contributed by atoms with E-state index in [1.54, 1.807) is 30.3 Å². The van der Waals surface area contributed by atoms with Gasteiger partial charge in [0.2, 0.25) is 5.91 Å². The molecule has 1 atom stereocenters. The number of carboxylic acids is 1. The smallest absolute Gasteiger partial charge is 0.481 e. The highest BCUT2D eigenvalue weighted by Crippen LogP contribution is 2.37. The lowest BCUT2D eigenvalue weighted by Crippen LogP contribution is -2.26. The van der Waals surface area contributed by atoms with Crippen LogP contribution in [-0.2, 0) is 16.0 Å². The summed E-state index contributed by atoms with van der Waals surface area (Å²) in [7, 11) is 0. The summed E-state index contributed by atoms with van der Waals surface area (Å²) in [4.78, 5) is 41.2. The van der Waals surface area contributed by atoms with Crippen molar-refractivity contribution >= 4 is 44.5 Å². The van der Waals surface area contributed by atoms with Gasteiger partial charge in [-0.1, -0.05) is 73.1 Å². The second kappa shape index (κ2) is 14.1. The molecule has 45 heavy (non-hydrogen) atoms. The summed E-state index contributed by atoms with van der Waals surface area (Å²) in [6, 6.07) is 18.9. The average molecular weight is 640 g/mol. The second-order valence-corrected chi connectivity index (χ2v) is 12.0. The van der Waals surface area contributed by atoms with Gasteiger partial charge in [0.15, 0.2) is 5.13 Å². The molecule has 4 aromatic rings. The molecule has 1 aliphatic carbocycles. The zero-order valence-corrected chi connectivity index (χ0v) is 25.0. The number of hydrogen-bond acceptors (Lipinski definition) is 6. The molecule has 3 aromatic carbocycles.